The molecule has 1 N–H and O–H groups in total. The minimum Gasteiger partial charge on any atom is -0.453 e. The fraction of sp³-hybridized carbons (Fsp3) is 0.304. The number of nitrogens with one attached hydrogen (secondary N) is 1. The molecule has 0 spiro atoms. The molecule has 154 valence electrons. The summed E-state index contributed by atoms with van der Waals surface area (Å²) >= 11 is 1.51. The Morgan fingerprint density at radius 1 is 1.20 bits per heavy atom. The summed E-state index contributed by atoms with van der Waals surface area (Å²) in [5.41, 5.74) is 1.84. The summed E-state index contributed by atoms with van der Waals surface area (Å²) in [6.45, 7) is 6.23. The number of benzene rings is 1. The first-order valence-corrected chi connectivity index (χ1v) is 10.8. The van der Waals surface area contributed by atoms with Gasteiger partial charge in [-0.2, -0.15) is 0 Å². The second-order valence-corrected chi connectivity index (χ2v) is 8.72. The number of hydrogen-bond donors (Lipinski definition) is 1. The predicted molar refractivity (Wildman–Crippen MR) is 119 cm³/mol. The average molecular weight is 422 g/mol. The molecule has 0 aliphatic carbocycles. The fourth-order valence-electron chi connectivity index (χ4n) is 3.41. The van der Waals surface area contributed by atoms with E-state index in [4.69, 9.17) is 4.74 Å². The molecule has 1 aromatic carbocycles. The number of ether oxygens (including phenoxy) is 1. The highest BCUT2D eigenvalue weighted by Crippen LogP contribution is 2.29. The predicted octanol–water partition coefficient (Wildman–Crippen LogP) is 4.79. The van der Waals surface area contributed by atoms with Gasteiger partial charge in [0.1, 0.15) is 23.0 Å². The van der Waals surface area contributed by atoms with Crippen molar-refractivity contribution in [3.05, 3.63) is 68.7 Å². The molecule has 0 saturated carbocycles. The summed E-state index contributed by atoms with van der Waals surface area (Å²) in [5.74, 6) is 0.275. The first kappa shape index (κ1) is 20.2. The second kappa shape index (κ2) is 8.36. The maximum absolute atomic E-state index is 12.7. The standard InChI is InChI=1S/C23H23N3O3S/c1-4-13(2)11-16-14(3)30-22-20(16)21(27)25-19(26-22)12-29-23(28)18-10-9-15-7-5-6-8-17(15)24-18/h5-10,13H,4,11-12H2,1-3H3,(H,25,26,27)/t13-/m1/s1. The quantitative estimate of drug-likeness (QED) is 0.453. The number of para-hydroxylation sites is 1. The van der Waals surface area contributed by atoms with E-state index in [1.165, 1.54) is 11.3 Å². The number of carbonyl (C=O) groups is 1. The van der Waals surface area contributed by atoms with Crippen LogP contribution >= 0.6 is 11.3 Å². The number of hydrogen-bond acceptors (Lipinski definition) is 6. The SMILES string of the molecule is CC[C@@H](C)Cc1c(C)sc2nc(COC(=O)c3ccc4ccccc4n3)[nH]c(=O)c12. The summed E-state index contributed by atoms with van der Waals surface area (Å²) in [4.78, 5) is 38.6. The number of aromatic amines is 1. The minimum absolute atomic E-state index is 0.115. The highest BCUT2D eigenvalue weighted by atomic mass is 32.1. The third-order valence-corrected chi connectivity index (χ3v) is 6.35. The van der Waals surface area contributed by atoms with Gasteiger partial charge >= 0.3 is 5.97 Å². The minimum atomic E-state index is -0.552. The molecule has 4 rings (SSSR count). The Kier molecular flexibility index (Phi) is 5.63. The molecule has 0 unspecified atom stereocenters. The number of fused-ring (bicyclic) bond motifs is 2. The van der Waals surface area contributed by atoms with E-state index in [0.717, 1.165) is 34.2 Å². The van der Waals surface area contributed by atoms with Gasteiger partial charge in [0, 0.05) is 10.3 Å². The van der Waals surface area contributed by atoms with Crippen LogP contribution in [0.1, 0.15) is 47.0 Å². The number of carbonyl (C=O) groups excluding carboxylic acids is 1. The van der Waals surface area contributed by atoms with Gasteiger partial charge in [-0.25, -0.2) is 14.8 Å². The van der Waals surface area contributed by atoms with Crippen LogP contribution in [0.15, 0.2) is 41.2 Å². The van der Waals surface area contributed by atoms with E-state index in [1.54, 1.807) is 6.07 Å². The lowest BCUT2D eigenvalue weighted by Gasteiger charge is -2.08. The lowest BCUT2D eigenvalue weighted by atomic mass is 9.98. The molecule has 0 bridgehead atoms. The van der Waals surface area contributed by atoms with E-state index in [9.17, 15) is 9.59 Å². The normalized spacial score (nSPS) is 12.4. The first-order valence-electron chi connectivity index (χ1n) is 10.00. The zero-order valence-corrected chi connectivity index (χ0v) is 18.0. The number of esters is 1. The number of nitrogens with zero attached hydrogens (tertiary/aromatic N) is 2. The summed E-state index contributed by atoms with van der Waals surface area (Å²) in [5, 5.41) is 1.61. The number of aromatic nitrogens is 3. The van der Waals surface area contributed by atoms with E-state index >= 15 is 0 Å². The molecular weight excluding hydrogens is 398 g/mol. The van der Waals surface area contributed by atoms with Crippen molar-refractivity contribution in [2.75, 3.05) is 0 Å². The van der Waals surface area contributed by atoms with Crippen molar-refractivity contribution in [2.45, 2.75) is 40.2 Å². The van der Waals surface area contributed by atoms with E-state index < -0.39 is 5.97 Å². The lowest BCUT2D eigenvalue weighted by Crippen LogP contribution is -2.15. The Morgan fingerprint density at radius 2 is 2.00 bits per heavy atom. The largest absolute Gasteiger partial charge is 0.453 e. The van der Waals surface area contributed by atoms with Crippen molar-refractivity contribution in [1.82, 2.24) is 15.0 Å². The molecular formula is C23H23N3O3S. The second-order valence-electron chi connectivity index (χ2n) is 7.51. The van der Waals surface area contributed by atoms with Gasteiger partial charge in [0.25, 0.3) is 5.56 Å². The van der Waals surface area contributed by atoms with Crippen LogP contribution in [0.3, 0.4) is 0 Å². The number of H-pyrrole nitrogens is 1. The van der Waals surface area contributed by atoms with Crippen molar-refractivity contribution in [3.63, 3.8) is 0 Å². The van der Waals surface area contributed by atoms with Crippen LogP contribution in [0.25, 0.3) is 21.1 Å². The summed E-state index contributed by atoms with van der Waals surface area (Å²) in [6.07, 6.45) is 1.91. The van der Waals surface area contributed by atoms with E-state index in [2.05, 4.69) is 28.8 Å². The van der Waals surface area contributed by atoms with Crippen LogP contribution in [0.4, 0.5) is 0 Å². The molecule has 0 saturated heterocycles. The van der Waals surface area contributed by atoms with Gasteiger partial charge in [-0.05, 0) is 37.0 Å². The number of thiophene rings is 1. The summed E-state index contributed by atoms with van der Waals surface area (Å²) in [6, 6.07) is 11.0. The first-order chi connectivity index (χ1) is 14.5. The van der Waals surface area contributed by atoms with Gasteiger partial charge in [-0.3, -0.25) is 4.79 Å². The zero-order chi connectivity index (χ0) is 21.3. The molecule has 0 amide bonds. The smallest absolute Gasteiger partial charge is 0.357 e. The van der Waals surface area contributed by atoms with E-state index in [1.807, 2.05) is 37.3 Å². The monoisotopic (exact) mass is 421 g/mol. The Hall–Kier alpha value is -3.06. The number of aryl methyl sites for hydroxylation is 1. The molecule has 30 heavy (non-hydrogen) atoms. The van der Waals surface area contributed by atoms with Crippen LogP contribution in [-0.4, -0.2) is 20.9 Å². The van der Waals surface area contributed by atoms with Crippen molar-refractivity contribution >= 4 is 38.4 Å². The van der Waals surface area contributed by atoms with Crippen LogP contribution < -0.4 is 5.56 Å². The molecule has 1 atom stereocenters. The highest BCUT2D eigenvalue weighted by Gasteiger charge is 2.18. The van der Waals surface area contributed by atoms with Crippen LogP contribution in [-0.2, 0) is 17.8 Å². The molecule has 6 nitrogen and oxygen atoms in total. The molecule has 0 aliphatic heterocycles. The Balaban J connectivity index is 1.55. The lowest BCUT2D eigenvalue weighted by molar-refractivity contribution is 0.0456. The van der Waals surface area contributed by atoms with Crippen molar-refractivity contribution < 1.29 is 9.53 Å². The molecule has 4 aromatic rings. The molecule has 0 radical (unpaired) electrons. The molecule has 3 aromatic heterocycles. The fourth-order valence-corrected chi connectivity index (χ4v) is 4.49. The van der Waals surface area contributed by atoms with Crippen molar-refractivity contribution in [2.24, 2.45) is 5.92 Å². The van der Waals surface area contributed by atoms with Crippen molar-refractivity contribution in [1.29, 1.82) is 0 Å². The van der Waals surface area contributed by atoms with Gasteiger partial charge in [0.2, 0.25) is 0 Å². The van der Waals surface area contributed by atoms with Gasteiger partial charge in [0.05, 0.1) is 10.9 Å². The van der Waals surface area contributed by atoms with Crippen LogP contribution in [0.2, 0.25) is 0 Å². The summed E-state index contributed by atoms with van der Waals surface area (Å²) < 4.78 is 5.36. The Morgan fingerprint density at radius 3 is 2.80 bits per heavy atom. The topological polar surface area (TPSA) is 84.9 Å². The average Bonchev–Trinajstić information content (AvgIpc) is 3.06. The third kappa shape index (κ3) is 3.98. The Bertz CT molecular complexity index is 1290. The van der Waals surface area contributed by atoms with Gasteiger partial charge in [0.15, 0.2) is 0 Å². The molecule has 0 fully saturated rings. The number of pyridine rings is 1. The van der Waals surface area contributed by atoms with E-state index in [-0.39, 0.29) is 17.9 Å². The van der Waals surface area contributed by atoms with E-state index in [0.29, 0.717) is 22.0 Å². The Labute approximate surface area is 178 Å². The van der Waals surface area contributed by atoms with Crippen molar-refractivity contribution in [3.8, 4) is 0 Å². The van der Waals surface area contributed by atoms with Crippen LogP contribution in [0, 0.1) is 12.8 Å². The zero-order valence-electron chi connectivity index (χ0n) is 17.2. The number of rotatable bonds is 6. The van der Waals surface area contributed by atoms with Crippen LogP contribution in [0.5, 0.6) is 0 Å². The summed E-state index contributed by atoms with van der Waals surface area (Å²) in [7, 11) is 0. The maximum Gasteiger partial charge on any atom is 0.357 e. The molecule has 7 heteroatoms. The van der Waals surface area contributed by atoms with Gasteiger partial charge in [-0.1, -0.05) is 44.5 Å². The van der Waals surface area contributed by atoms with Gasteiger partial charge < -0.3 is 9.72 Å². The molecule has 3 heterocycles. The maximum atomic E-state index is 12.7. The molecule has 0 aliphatic rings. The highest BCUT2D eigenvalue weighted by molar-refractivity contribution is 7.18. The van der Waals surface area contributed by atoms with Gasteiger partial charge in [-0.15, -0.1) is 11.3 Å². The third-order valence-electron chi connectivity index (χ3n) is 5.31.